The van der Waals surface area contributed by atoms with Gasteiger partial charge in [-0.25, -0.2) is 4.79 Å². The number of piperazine rings is 1. The molecule has 0 saturated carbocycles. The van der Waals surface area contributed by atoms with Gasteiger partial charge < -0.3 is 15.5 Å². The number of anilines is 1. The highest BCUT2D eigenvalue weighted by Gasteiger charge is 2.29. The number of nitrogens with one attached hydrogen (secondary N) is 2. The van der Waals surface area contributed by atoms with Gasteiger partial charge in [-0.05, 0) is 19.1 Å². The Labute approximate surface area is 110 Å². The Hall–Kier alpha value is -1.75. The maximum Gasteiger partial charge on any atom is 0.322 e. The van der Waals surface area contributed by atoms with Crippen LogP contribution < -0.4 is 10.6 Å². The highest BCUT2D eigenvalue weighted by molar-refractivity contribution is 6.33. The van der Waals surface area contributed by atoms with Crippen LogP contribution in [0.1, 0.15) is 6.92 Å². The zero-order valence-corrected chi connectivity index (χ0v) is 10.7. The van der Waals surface area contributed by atoms with E-state index in [0.717, 1.165) is 0 Å². The van der Waals surface area contributed by atoms with Crippen LogP contribution >= 0.6 is 11.6 Å². The molecule has 18 heavy (non-hydrogen) atoms. The molecule has 1 aliphatic heterocycles. The molecule has 0 aromatic heterocycles. The molecule has 1 heterocycles. The van der Waals surface area contributed by atoms with Gasteiger partial charge in [0, 0.05) is 13.1 Å². The average molecular weight is 268 g/mol. The number of urea groups is 1. The van der Waals surface area contributed by atoms with E-state index in [1.807, 2.05) is 0 Å². The number of amides is 3. The predicted molar refractivity (Wildman–Crippen MR) is 69.6 cm³/mol. The predicted octanol–water partition coefficient (Wildman–Crippen LogP) is 1.69. The van der Waals surface area contributed by atoms with Crippen LogP contribution in [0.4, 0.5) is 10.5 Å². The minimum atomic E-state index is -0.471. The van der Waals surface area contributed by atoms with Gasteiger partial charge in [0.25, 0.3) is 0 Å². The standard InChI is InChI=1S/C12H14ClN3O2/c1-8-11(17)14-6-7-16(8)12(18)15-10-5-3-2-4-9(10)13/h2-5,8H,6-7H2,1H3,(H,14,17)(H,15,18). The van der Waals surface area contributed by atoms with Gasteiger partial charge in [-0.1, -0.05) is 23.7 Å². The molecule has 1 fully saturated rings. The van der Waals surface area contributed by atoms with Crippen molar-refractivity contribution in [2.45, 2.75) is 13.0 Å². The molecule has 0 bridgehead atoms. The molecular formula is C12H14ClN3O2. The second-order valence-corrected chi connectivity index (χ2v) is 4.48. The van der Waals surface area contributed by atoms with Gasteiger partial charge in [-0.3, -0.25) is 4.79 Å². The summed E-state index contributed by atoms with van der Waals surface area (Å²) >= 11 is 5.96. The molecule has 1 atom stereocenters. The summed E-state index contributed by atoms with van der Waals surface area (Å²) < 4.78 is 0. The smallest absolute Gasteiger partial charge is 0.322 e. The highest BCUT2D eigenvalue weighted by Crippen LogP contribution is 2.21. The van der Waals surface area contributed by atoms with Crippen LogP contribution in [0.15, 0.2) is 24.3 Å². The van der Waals surface area contributed by atoms with Crippen LogP contribution in [0.2, 0.25) is 5.02 Å². The first-order chi connectivity index (χ1) is 8.59. The SMILES string of the molecule is CC1C(=O)NCCN1C(=O)Nc1ccccc1Cl. The molecule has 1 aromatic rings. The van der Waals surface area contributed by atoms with Gasteiger partial charge in [0.15, 0.2) is 0 Å². The molecule has 6 heteroatoms. The van der Waals surface area contributed by atoms with Crippen molar-refractivity contribution >= 4 is 29.2 Å². The van der Waals surface area contributed by atoms with Crippen LogP contribution in [0, 0.1) is 0 Å². The van der Waals surface area contributed by atoms with Gasteiger partial charge in [0.1, 0.15) is 6.04 Å². The van der Waals surface area contributed by atoms with E-state index in [2.05, 4.69) is 10.6 Å². The van der Waals surface area contributed by atoms with Gasteiger partial charge in [0.2, 0.25) is 5.91 Å². The molecule has 0 aliphatic carbocycles. The Kier molecular flexibility index (Phi) is 3.72. The van der Waals surface area contributed by atoms with Crippen LogP contribution in [-0.4, -0.2) is 36.0 Å². The third kappa shape index (κ3) is 2.56. The maximum atomic E-state index is 12.1. The number of benzene rings is 1. The molecule has 1 aromatic carbocycles. The molecule has 0 spiro atoms. The van der Waals surface area contributed by atoms with Crippen molar-refractivity contribution in [2.24, 2.45) is 0 Å². The number of hydrogen-bond acceptors (Lipinski definition) is 2. The molecule has 1 aliphatic rings. The first-order valence-electron chi connectivity index (χ1n) is 5.69. The number of halogens is 1. The Bertz CT molecular complexity index is 478. The first-order valence-corrected chi connectivity index (χ1v) is 6.07. The summed E-state index contributed by atoms with van der Waals surface area (Å²) in [6.45, 7) is 2.66. The Balaban J connectivity index is 2.08. The lowest BCUT2D eigenvalue weighted by molar-refractivity contribution is -0.126. The summed E-state index contributed by atoms with van der Waals surface area (Å²) in [4.78, 5) is 25.0. The average Bonchev–Trinajstić information content (AvgIpc) is 2.35. The second kappa shape index (κ2) is 5.27. The Morgan fingerprint density at radius 2 is 2.22 bits per heavy atom. The lowest BCUT2D eigenvalue weighted by Gasteiger charge is -2.32. The van der Waals surface area contributed by atoms with E-state index in [1.54, 1.807) is 31.2 Å². The van der Waals surface area contributed by atoms with E-state index in [-0.39, 0.29) is 11.9 Å². The van der Waals surface area contributed by atoms with Crippen molar-refractivity contribution < 1.29 is 9.59 Å². The van der Waals surface area contributed by atoms with Crippen molar-refractivity contribution in [2.75, 3.05) is 18.4 Å². The highest BCUT2D eigenvalue weighted by atomic mass is 35.5. The van der Waals surface area contributed by atoms with Crippen molar-refractivity contribution in [1.29, 1.82) is 0 Å². The van der Waals surface area contributed by atoms with E-state index in [4.69, 9.17) is 11.6 Å². The molecule has 2 N–H and O–H groups in total. The maximum absolute atomic E-state index is 12.1. The number of nitrogens with zero attached hydrogens (tertiary/aromatic N) is 1. The summed E-state index contributed by atoms with van der Waals surface area (Å²) in [5.74, 6) is -0.143. The summed E-state index contributed by atoms with van der Waals surface area (Å²) in [5, 5.41) is 5.88. The number of rotatable bonds is 1. The summed E-state index contributed by atoms with van der Waals surface area (Å²) in [6, 6.07) is 6.20. The van der Waals surface area contributed by atoms with E-state index in [0.29, 0.717) is 23.8 Å². The van der Waals surface area contributed by atoms with E-state index < -0.39 is 6.04 Å². The Morgan fingerprint density at radius 1 is 1.50 bits per heavy atom. The molecule has 96 valence electrons. The quantitative estimate of drug-likeness (QED) is 0.813. The normalized spacial score (nSPS) is 19.3. The third-order valence-electron chi connectivity index (χ3n) is 2.88. The fourth-order valence-corrected chi connectivity index (χ4v) is 1.99. The van der Waals surface area contributed by atoms with Crippen LogP contribution in [0.3, 0.4) is 0 Å². The number of para-hydroxylation sites is 1. The number of carbonyl (C=O) groups is 2. The van der Waals surface area contributed by atoms with Gasteiger partial charge in [-0.2, -0.15) is 0 Å². The topological polar surface area (TPSA) is 61.4 Å². The lowest BCUT2D eigenvalue weighted by Crippen LogP contribution is -2.56. The number of carbonyl (C=O) groups excluding carboxylic acids is 2. The number of hydrogen-bond donors (Lipinski definition) is 2. The van der Waals surface area contributed by atoms with Crippen LogP contribution in [-0.2, 0) is 4.79 Å². The van der Waals surface area contributed by atoms with Gasteiger partial charge in [0.05, 0.1) is 10.7 Å². The monoisotopic (exact) mass is 267 g/mol. The fourth-order valence-electron chi connectivity index (χ4n) is 1.81. The summed E-state index contributed by atoms with van der Waals surface area (Å²) in [6.07, 6.45) is 0. The van der Waals surface area contributed by atoms with E-state index >= 15 is 0 Å². The first kappa shape index (κ1) is 12.7. The Morgan fingerprint density at radius 3 is 2.94 bits per heavy atom. The van der Waals surface area contributed by atoms with E-state index in [1.165, 1.54) is 4.90 Å². The molecule has 1 saturated heterocycles. The van der Waals surface area contributed by atoms with Gasteiger partial charge in [-0.15, -0.1) is 0 Å². The largest absolute Gasteiger partial charge is 0.353 e. The van der Waals surface area contributed by atoms with Crippen molar-refractivity contribution in [3.05, 3.63) is 29.3 Å². The molecular weight excluding hydrogens is 254 g/mol. The molecule has 3 amide bonds. The molecule has 5 nitrogen and oxygen atoms in total. The molecule has 0 radical (unpaired) electrons. The zero-order valence-electron chi connectivity index (χ0n) is 9.94. The summed E-state index contributed by atoms with van der Waals surface area (Å²) in [7, 11) is 0. The molecule has 1 unspecified atom stereocenters. The van der Waals surface area contributed by atoms with E-state index in [9.17, 15) is 9.59 Å². The second-order valence-electron chi connectivity index (χ2n) is 4.07. The zero-order chi connectivity index (χ0) is 13.1. The minimum Gasteiger partial charge on any atom is -0.353 e. The molecule has 2 rings (SSSR count). The van der Waals surface area contributed by atoms with Crippen molar-refractivity contribution in [3.63, 3.8) is 0 Å². The summed E-state index contributed by atoms with van der Waals surface area (Å²) in [5.41, 5.74) is 0.544. The van der Waals surface area contributed by atoms with Gasteiger partial charge >= 0.3 is 6.03 Å². The fraction of sp³-hybridized carbons (Fsp3) is 0.333. The van der Waals surface area contributed by atoms with Crippen molar-refractivity contribution in [3.8, 4) is 0 Å². The van der Waals surface area contributed by atoms with Crippen LogP contribution in [0.25, 0.3) is 0 Å². The van der Waals surface area contributed by atoms with Crippen LogP contribution in [0.5, 0.6) is 0 Å². The lowest BCUT2D eigenvalue weighted by atomic mass is 10.2. The minimum absolute atomic E-state index is 0.143. The third-order valence-corrected chi connectivity index (χ3v) is 3.20. The van der Waals surface area contributed by atoms with Crippen molar-refractivity contribution in [1.82, 2.24) is 10.2 Å².